The van der Waals surface area contributed by atoms with Crippen LogP contribution in [0.1, 0.15) is 47.7 Å². The summed E-state index contributed by atoms with van der Waals surface area (Å²) in [7, 11) is 0. The number of rotatable bonds is 2. The second-order valence-electron chi connectivity index (χ2n) is 7.67. The molecule has 2 aromatic heterocycles. The van der Waals surface area contributed by atoms with E-state index < -0.39 is 0 Å². The highest BCUT2D eigenvalue weighted by Crippen LogP contribution is 2.35. The minimum absolute atomic E-state index is 0.0851. The van der Waals surface area contributed by atoms with Gasteiger partial charge in [0.15, 0.2) is 5.78 Å². The van der Waals surface area contributed by atoms with Crippen LogP contribution in [-0.2, 0) is 6.42 Å². The van der Waals surface area contributed by atoms with Crippen LogP contribution in [0.3, 0.4) is 0 Å². The Balaban J connectivity index is 1.74. The van der Waals surface area contributed by atoms with Crippen molar-refractivity contribution in [2.24, 2.45) is 5.41 Å². The third-order valence-corrected chi connectivity index (χ3v) is 4.75. The van der Waals surface area contributed by atoms with Gasteiger partial charge in [-0.2, -0.15) is 0 Å². The molecular formula is C20H21N5O. The van der Waals surface area contributed by atoms with Crippen LogP contribution in [0.2, 0.25) is 0 Å². The minimum atomic E-state index is -0.0851. The summed E-state index contributed by atoms with van der Waals surface area (Å²) < 4.78 is 0. The van der Waals surface area contributed by atoms with Crippen molar-refractivity contribution in [3.8, 4) is 0 Å². The molecule has 0 atom stereocenters. The number of aromatic nitrogens is 4. The third-order valence-electron chi connectivity index (χ3n) is 4.75. The summed E-state index contributed by atoms with van der Waals surface area (Å²) in [5, 5.41) is 4.14. The number of nitrogens with one attached hydrogen (secondary N) is 1. The van der Waals surface area contributed by atoms with Gasteiger partial charge in [-0.05, 0) is 31.7 Å². The first kappa shape index (κ1) is 16.6. The highest BCUT2D eigenvalue weighted by molar-refractivity contribution is 5.99. The van der Waals surface area contributed by atoms with Crippen LogP contribution >= 0.6 is 0 Å². The van der Waals surface area contributed by atoms with Crippen LogP contribution in [0.4, 0.5) is 11.9 Å². The van der Waals surface area contributed by atoms with Crippen molar-refractivity contribution in [3.63, 3.8) is 0 Å². The van der Waals surface area contributed by atoms with Crippen molar-refractivity contribution in [3.05, 3.63) is 46.9 Å². The monoisotopic (exact) mass is 347 g/mol. The number of fused-ring (bicyclic) bond motifs is 2. The van der Waals surface area contributed by atoms with Gasteiger partial charge in [0.2, 0.25) is 11.9 Å². The van der Waals surface area contributed by atoms with Crippen molar-refractivity contribution in [1.82, 2.24) is 19.9 Å². The zero-order chi connectivity index (χ0) is 18.5. The molecule has 1 aliphatic rings. The Bertz CT molecular complexity index is 1040. The maximum Gasteiger partial charge on any atom is 0.230 e. The van der Waals surface area contributed by atoms with Crippen molar-refractivity contribution >= 4 is 28.6 Å². The zero-order valence-electron chi connectivity index (χ0n) is 15.4. The van der Waals surface area contributed by atoms with E-state index in [9.17, 15) is 4.79 Å². The number of Topliss-reactive ketones (excluding diaryl/α,β-unsaturated/α-hetero) is 1. The lowest BCUT2D eigenvalue weighted by atomic mass is 9.75. The molecule has 4 rings (SSSR count). The van der Waals surface area contributed by atoms with Crippen molar-refractivity contribution in [2.75, 3.05) is 5.32 Å². The van der Waals surface area contributed by atoms with Gasteiger partial charge in [-0.25, -0.2) is 19.9 Å². The smallest absolute Gasteiger partial charge is 0.230 e. The predicted octanol–water partition coefficient (Wildman–Crippen LogP) is 3.94. The molecule has 0 radical (unpaired) electrons. The average molecular weight is 347 g/mol. The molecule has 0 fully saturated rings. The lowest BCUT2D eigenvalue weighted by Gasteiger charge is -2.30. The number of aryl methyl sites for hydroxylation is 2. The molecule has 0 saturated carbocycles. The van der Waals surface area contributed by atoms with Gasteiger partial charge in [0.1, 0.15) is 0 Å². The lowest BCUT2D eigenvalue weighted by molar-refractivity contribution is 0.0909. The van der Waals surface area contributed by atoms with Gasteiger partial charge in [0.05, 0.1) is 28.2 Å². The molecule has 132 valence electrons. The SMILES string of the molecule is Cc1nc(Nc2nc(C)c3ccccc3n2)nc2c1C(=O)CC(C)(C)C2. The molecule has 1 N–H and O–H groups in total. The fourth-order valence-corrected chi connectivity index (χ4v) is 3.61. The average Bonchev–Trinajstić information content (AvgIpc) is 2.52. The van der Waals surface area contributed by atoms with Crippen LogP contribution in [0.15, 0.2) is 24.3 Å². The molecule has 0 saturated heterocycles. The van der Waals surface area contributed by atoms with E-state index in [0.717, 1.165) is 28.7 Å². The second-order valence-corrected chi connectivity index (χ2v) is 7.67. The number of para-hydroxylation sites is 1. The molecule has 6 nitrogen and oxygen atoms in total. The van der Waals surface area contributed by atoms with Crippen LogP contribution in [0, 0.1) is 19.3 Å². The van der Waals surface area contributed by atoms with E-state index in [1.54, 1.807) is 0 Å². The number of carbonyl (C=O) groups excluding carboxylic acids is 1. The van der Waals surface area contributed by atoms with Crippen LogP contribution in [0.25, 0.3) is 10.9 Å². The van der Waals surface area contributed by atoms with Gasteiger partial charge in [0, 0.05) is 11.8 Å². The Morgan fingerprint density at radius 2 is 1.62 bits per heavy atom. The lowest BCUT2D eigenvalue weighted by Crippen LogP contribution is -2.29. The van der Waals surface area contributed by atoms with E-state index in [4.69, 9.17) is 0 Å². The quantitative estimate of drug-likeness (QED) is 0.756. The first-order valence-corrected chi connectivity index (χ1v) is 8.73. The summed E-state index contributed by atoms with van der Waals surface area (Å²) in [6.07, 6.45) is 1.29. The summed E-state index contributed by atoms with van der Waals surface area (Å²) in [5.41, 5.74) is 3.86. The molecular weight excluding hydrogens is 326 g/mol. The molecule has 2 heterocycles. The number of ketones is 1. The van der Waals surface area contributed by atoms with E-state index in [1.807, 2.05) is 38.1 Å². The fraction of sp³-hybridized carbons (Fsp3) is 0.350. The normalized spacial score (nSPS) is 15.8. The topological polar surface area (TPSA) is 80.7 Å². The molecule has 1 aromatic carbocycles. The summed E-state index contributed by atoms with van der Waals surface area (Å²) in [6, 6.07) is 7.88. The minimum Gasteiger partial charge on any atom is -0.294 e. The van der Waals surface area contributed by atoms with E-state index >= 15 is 0 Å². The summed E-state index contributed by atoms with van der Waals surface area (Å²) in [4.78, 5) is 30.6. The number of carbonyl (C=O) groups is 1. The molecule has 0 aliphatic heterocycles. The summed E-state index contributed by atoms with van der Waals surface area (Å²) in [6.45, 7) is 7.99. The highest BCUT2D eigenvalue weighted by atomic mass is 16.1. The number of benzene rings is 1. The van der Waals surface area contributed by atoms with E-state index in [0.29, 0.717) is 29.6 Å². The van der Waals surface area contributed by atoms with Gasteiger partial charge < -0.3 is 0 Å². The number of hydrogen-bond acceptors (Lipinski definition) is 6. The zero-order valence-corrected chi connectivity index (χ0v) is 15.4. The van der Waals surface area contributed by atoms with Crippen LogP contribution in [-0.4, -0.2) is 25.7 Å². The van der Waals surface area contributed by atoms with Gasteiger partial charge >= 0.3 is 0 Å². The molecule has 3 aromatic rings. The first-order valence-electron chi connectivity index (χ1n) is 8.73. The molecule has 0 amide bonds. The maximum absolute atomic E-state index is 12.5. The number of nitrogens with zero attached hydrogens (tertiary/aromatic N) is 4. The van der Waals surface area contributed by atoms with Gasteiger partial charge in [-0.15, -0.1) is 0 Å². The highest BCUT2D eigenvalue weighted by Gasteiger charge is 2.33. The molecule has 0 unspecified atom stereocenters. The molecule has 6 heteroatoms. The largest absolute Gasteiger partial charge is 0.294 e. The van der Waals surface area contributed by atoms with E-state index in [1.165, 1.54) is 0 Å². The number of anilines is 2. The summed E-state index contributed by atoms with van der Waals surface area (Å²) in [5.74, 6) is 1.02. The van der Waals surface area contributed by atoms with Crippen molar-refractivity contribution in [2.45, 2.75) is 40.5 Å². The molecule has 1 aliphatic carbocycles. The Hall–Kier alpha value is -2.89. The van der Waals surface area contributed by atoms with E-state index in [2.05, 4.69) is 39.1 Å². The van der Waals surface area contributed by atoms with Crippen molar-refractivity contribution < 1.29 is 4.79 Å². The van der Waals surface area contributed by atoms with Crippen LogP contribution in [0.5, 0.6) is 0 Å². The molecule has 0 bridgehead atoms. The summed E-state index contributed by atoms with van der Waals surface area (Å²) >= 11 is 0. The third kappa shape index (κ3) is 2.92. The van der Waals surface area contributed by atoms with Crippen molar-refractivity contribution in [1.29, 1.82) is 0 Å². The van der Waals surface area contributed by atoms with Crippen LogP contribution < -0.4 is 5.32 Å². The fourth-order valence-electron chi connectivity index (χ4n) is 3.61. The van der Waals surface area contributed by atoms with Gasteiger partial charge in [-0.3, -0.25) is 10.1 Å². The maximum atomic E-state index is 12.5. The molecule has 26 heavy (non-hydrogen) atoms. The Morgan fingerprint density at radius 1 is 0.923 bits per heavy atom. The van der Waals surface area contributed by atoms with E-state index in [-0.39, 0.29) is 11.2 Å². The standard InChI is InChI=1S/C20H21N5O/c1-11-13-7-5-6-8-14(13)23-18(21-11)25-19-22-12(2)17-15(24-19)9-20(3,4)10-16(17)26/h5-8H,9-10H2,1-4H3,(H,21,22,23,24,25). The second kappa shape index (κ2) is 5.83. The van der Waals surface area contributed by atoms with Gasteiger partial charge in [-0.1, -0.05) is 32.0 Å². The Kier molecular flexibility index (Phi) is 3.72. The Morgan fingerprint density at radius 3 is 2.42 bits per heavy atom. The first-order chi connectivity index (χ1) is 12.3. The predicted molar refractivity (Wildman–Crippen MR) is 101 cm³/mol. The number of hydrogen-bond donors (Lipinski definition) is 1. The van der Waals surface area contributed by atoms with Gasteiger partial charge in [0.25, 0.3) is 0 Å². The Labute approximate surface area is 152 Å². The molecule has 0 spiro atoms.